The lowest BCUT2D eigenvalue weighted by Crippen LogP contribution is -2.15. The molecule has 1 aromatic carbocycles. The number of anilines is 2. The molecule has 0 radical (unpaired) electrons. The molecule has 0 aliphatic rings. The third-order valence-electron chi connectivity index (χ3n) is 3.91. The molecule has 3 aromatic rings. The monoisotopic (exact) mass is 360 g/mol. The first kappa shape index (κ1) is 16.8. The minimum atomic E-state index is 0.517. The Morgan fingerprint density at radius 3 is 2.58 bits per heavy atom. The van der Waals surface area contributed by atoms with Gasteiger partial charge < -0.3 is 10.6 Å². The van der Waals surface area contributed by atoms with Crippen molar-refractivity contribution < 1.29 is 0 Å². The van der Waals surface area contributed by atoms with Crippen LogP contribution in [0.2, 0.25) is 10.0 Å². The minimum absolute atomic E-state index is 0.517. The molecule has 0 unspecified atom stereocenters. The summed E-state index contributed by atoms with van der Waals surface area (Å²) in [5.41, 5.74) is 4.32. The molecule has 2 aromatic heterocycles. The molecule has 0 aliphatic carbocycles. The van der Waals surface area contributed by atoms with Gasteiger partial charge in [-0.3, -0.25) is 4.98 Å². The molecule has 24 heavy (non-hydrogen) atoms. The van der Waals surface area contributed by atoms with Crippen LogP contribution in [0, 0.1) is 13.8 Å². The third-order valence-corrected chi connectivity index (χ3v) is 4.40. The van der Waals surface area contributed by atoms with E-state index in [4.69, 9.17) is 23.2 Å². The highest BCUT2D eigenvalue weighted by molar-refractivity contribution is 6.35. The van der Waals surface area contributed by atoms with E-state index in [9.17, 15) is 0 Å². The van der Waals surface area contributed by atoms with Crippen LogP contribution in [-0.4, -0.2) is 23.1 Å². The molecule has 3 rings (SSSR count). The van der Waals surface area contributed by atoms with E-state index in [0.717, 1.165) is 34.4 Å². The van der Waals surface area contributed by atoms with Crippen LogP contribution < -0.4 is 10.6 Å². The normalized spacial score (nSPS) is 10.8. The number of nitrogens with one attached hydrogen (secondary N) is 2. The van der Waals surface area contributed by atoms with Crippen molar-refractivity contribution in [2.45, 2.75) is 13.8 Å². The summed E-state index contributed by atoms with van der Waals surface area (Å²) in [6.45, 7) is 5.53. The van der Waals surface area contributed by atoms with Crippen molar-refractivity contribution in [2.75, 3.05) is 23.7 Å². The summed E-state index contributed by atoms with van der Waals surface area (Å²) >= 11 is 12.0. The summed E-state index contributed by atoms with van der Waals surface area (Å²) in [4.78, 5) is 8.83. The number of benzene rings is 1. The fourth-order valence-corrected chi connectivity index (χ4v) is 3.02. The first-order valence-electron chi connectivity index (χ1n) is 7.71. The number of para-hydroxylation sites is 1. The van der Waals surface area contributed by atoms with E-state index in [-0.39, 0.29) is 0 Å². The quantitative estimate of drug-likeness (QED) is 0.623. The molecule has 0 bridgehead atoms. The maximum absolute atomic E-state index is 6.11. The summed E-state index contributed by atoms with van der Waals surface area (Å²) < 4.78 is 0. The fourth-order valence-electron chi connectivity index (χ4n) is 2.57. The van der Waals surface area contributed by atoms with Gasteiger partial charge in [-0.1, -0.05) is 41.4 Å². The van der Waals surface area contributed by atoms with Crippen molar-refractivity contribution in [3.63, 3.8) is 0 Å². The zero-order valence-electron chi connectivity index (χ0n) is 13.5. The largest absolute Gasteiger partial charge is 0.382 e. The van der Waals surface area contributed by atoms with Crippen LogP contribution in [0.15, 0.2) is 36.5 Å². The predicted molar refractivity (Wildman–Crippen MR) is 102 cm³/mol. The van der Waals surface area contributed by atoms with Gasteiger partial charge in [0.25, 0.3) is 0 Å². The Morgan fingerprint density at radius 1 is 1.04 bits per heavy atom. The molecule has 0 aliphatic heterocycles. The second-order valence-electron chi connectivity index (χ2n) is 5.55. The minimum Gasteiger partial charge on any atom is -0.382 e. The summed E-state index contributed by atoms with van der Waals surface area (Å²) in [5, 5.41) is 8.88. The standard InChI is InChI=1S/C18H18Cl2N4/c1-11-12(2)24-16-6-4-3-5-14(16)17(11)21-7-8-22-18-15(20)9-13(19)10-23-18/h3-6,9-10H,7-8H2,1-2H3,(H,21,24)(H,22,23). The Morgan fingerprint density at radius 2 is 1.79 bits per heavy atom. The maximum atomic E-state index is 6.11. The lowest BCUT2D eigenvalue weighted by molar-refractivity contribution is 1.05. The van der Waals surface area contributed by atoms with Gasteiger partial charge in [-0.15, -0.1) is 0 Å². The SMILES string of the molecule is Cc1nc2ccccc2c(NCCNc2ncc(Cl)cc2Cl)c1C. The van der Waals surface area contributed by atoms with E-state index in [1.807, 2.05) is 25.1 Å². The Kier molecular flexibility index (Phi) is 5.07. The molecule has 124 valence electrons. The number of hydrogen-bond donors (Lipinski definition) is 2. The van der Waals surface area contributed by atoms with E-state index >= 15 is 0 Å². The highest BCUT2D eigenvalue weighted by Gasteiger charge is 2.08. The van der Waals surface area contributed by atoms with Crippen LogP contribution in [0.3, 0.4) is 0 Å². The van der Waals surface area contributed by atoms with E-state index in [1.165, 1.54) is 0 Å². The fraction of sp³-hybridized carbons (Fsp3) is 0.222. The van der Waals surface area contributed by atoms with Crippen LogP contribution >= 0.6 is 23.2 Å². The molecular weight excluding hydrogens is 343 g/mol. The van der Waals surface area contributed by atoms with Gasteiger partial charge in [0.1, 0.15) is 5.82 Å². The first-order chi connectivity index (χ1) is 11.6. The van der Waals surface area contributed by atoms with E-state index in [1.54, 1.807) is 12.3 Å². The maximum Gasteiger partial charge on any atom is 0.144 e. The molecule has 0 saturated heterocycles. The Bertz CT molecular complexity index is 880. The van der Waals surface area contributed by atoms with Crippen molar-refractivity contribution >= 4 is 45.6 Å². The van der Waals surface area contributed by atoms with Crippen LogP contribution in [0.4, 0.5) is 11.5 Å². The first-order valence-corrected chi connectivity index (χ1v) is 8.46. The van der Waals surface area contributed by atoms with Gasteiger partial charge in [-0.05, 0) is 31.5 Å². The van der Waals surface area contributed by atoms with Gasteiger partial charge in [-0.2, -0.15) is 0 Å². The van der Waals surface area contributed by atoms with Gasteiger partial charge in [0.2, 0.25) is 0 Å². The number of nitrogens with zero attached hydrogens (tertiary/aromatic N) is 2. The van der Waals surface area contributed by atoms with Gasteiger partial charge in [-0.25, -0.2) is 4.98 Å². The third kappa shape index (κ3) is 3.55. The average molecular weight is 361 g/mol. The van der Waals surface area contributed by atoms with Gasteiger partial charge in [0.15, 0.2) is 0 Å². The predicted octanol–water partition coefficient (Wildman–Crippen LogP) is 5.08. The zero-order chi connectivity index (χ0) is 17.1. The Hall–Kier alpha value is -2.04. The molecule has 2 N–H and O–H groups in total. The van der Waals surface area contributed by atoms with Gasteiger partial charge in [0.05, 0.1) is 15.6 Å². The molecule has 0 fully saturated rings. The highest BCUT2D eigenvalue weighted by Crippen LogP contribution is 2.27. The molecule has 0 saturated carbocycles. The number of aryl methyl sites for hydroxylation is 1. The Labute approximate surface area is 151 Å². The van der Waals surface area contributed by atoms with E-state index in [0.29, 0.717) is 22.4 Å². The van der Waals surface area contributed by atoms with Crippen LogP contribution in [-0.2, 0) is 0 Å². The van der Waals surface area contributed by atoms with Gasteiger partial charge in [0, 0.05) is 36.1 Å². The van der Waals surface area contributed by atoms with Crippen LogP contribution in [0.5, 0.6) is 0 Å². The topological polar surface area (TPSA) is 49.8 Å². The number of pyridine rings is 2. The lowest BCUT2D eigenvalue weighted by Gasteiger charge is -2.15. The van der Waals surface area contributed by atoms with Crippen molar-refractivity contribution in [2.24, 2.45) is 0 Å². The number of aromatic nitrogens is 2. The number of fused-ring (bicyclic) bond motifs is 1. The van der Waals surface area contributed by atoms with Crippen molar-refractivity contribution in [1.82, 2.24) is 9.97 Å². The molecule has 0 amide bonds. The smallest absolute Gasteiger partial charge is 0.144 e. The summed E-state index contributed by atoms with van der Waals surface area (Å²) in [6.07, 6.45) is 1.58. The Balaban J connectivity index is 1.71. The van der Waals surface area contributed by atoms with Gasteiger partial charge >= 0.3 is 0 Å². The molecule has 6 heteroatoms. The second-order valence-corrected chi connectivity index (χ2v) is 6.40. The molecule has 0 atom stereocenters. The summed E-state index contributed by atoms with van der Waals surface area (Å²) in [7, 11) is 0. The molecule has 2 heterocycles. The second kappa shape index (κ2) is 7.24. The number of halogens is 2. The lowest BCUT2D eigenvalue weighted by atomic mass is 10.1. The van der Waals surface area contributed by atoms with Crippen molar-refractivity contribution in [3.05, 3.63) is 57.8 Å². The summed E-state index contributed by atoms with van der Waals surface area (Å²) in [5.74, 6) is 0.635. The molecule has 0 spiro atoms. The average Bonchev–Trinajstić information content (AvgIpc) is 2.56. The van der Waals surface area contributed by atoms with Crippen LogP contribution in [0.25, 0.3) is 10.9 Å². The molecule has 4 nitrogen and oxygen atoms in total. The number of rotatable bonds is 5. The zero-order valence-corrected chi connectivity index (χ0v) is 15.0. The number of hydrogen-bond acceptors (Lipinski definition) is 4. The summed E-state index contributed by atoms with van der Waals surface area (Å²) in [6, 6.07) is 9.82. The highest BCUT2D eigenvalue weighted by atomic mass is 35.5. The van der Waals surface area contributed by atoms with E-state index in [2.05, 4.69) is 33.6 Å². The van der Waals surface area contributed by atoms with E-state index < -0.39 is 0 Å². The van der Waals surface area contributed by atoms with Crippen molar-refractivity contribution in [3.8, 4) is 0 Å². The molecular formula is C18H18Cl2N4. The van der Waals surface area contributed by atoms with Crippen molar-refractivity contribution in [1.29, 1.82) is 0 Å². The van der Waals surface area contributed by atoms with Crippen LogP contribution in [0.1, 0.15) is 11.3 Å².